The molecule has 2 heterocycles. The molecule has 1 aliphatic heterocycles. The molecule has 1 aromatic rings. The van der Waals surface area contributed by atoms with Crippen molar-refractivity contribution >= 4 is 11.3 Å². The van der Waals surface area contributed by atoms with Gasteiger partial charge in [0.2, 0.25) is 0 Å². The van der Waals surface area contributed by atoms with Gasteiger partial charge in [0, 0.05) is 28.9 Å². The zero-order chi connectivity index (χ0) is 13.9. The third-order valence-electron chi connectivity index (χ3n) is 3.90. The van der Waals surface area contributed by atoms with Crippen LogP contribution in [0.4, 0.5) is 0 Å². The maximum Gasteiger partial charge on any atom is 0.0300 e. The van der Waals surface area contributed by atoms with Gasteiger partial charge in [-0.15, -0.1) is 11.3 Å². The van der Waals surface area contributed by atoms with E-state index in [9.17, 15) is 0 Å². The molecule has 1 aromatic heterocycles. The van der Waals surface area contributed by atoms with Crippen LogP contribution in [0.25, 0.3) is 0 Å². The predicted octanol–water partition coefficient (Wildman–Crippen LogP) is 3.62. The monoisotopic (exact) mass is 280 g/mol. The first-order valence-electron chi connectivity index (χ1n) is 7.51. The van der Waals surface area contributed by atoms with Gasteiger partial charge in [-0.3, -0.25) is 4.90 Å². The van der Waals surface area contributed by atoms with E-state index >= 15 is 0 Å². The van der Waals surface area contributed by atoms with Gasteiger partial charge in [0.15, 0.2) is 0 Å². The number of thiophene rings is 1. The number of nitrogens with one attached hydrogen (secondary N) is 1. The quantitative estimate of drug-likeness (QED) is 0.886. The van der Waals surface area contributed by atoms with Gasteiger partial charge in [-0.2, -0.15) is 0 Å². The molecule has 2 rings (SSSR count). The summed E-state index contributed by atoms with van der Waals surface area (Å²) in [6.07, 6.45) is 2.76. The molecule has 1 N–H and O–H groups in total. The molecule has 3 heteroatoms. The summed E-state index contributed by atoms with van der Waals surface area (Å²) in [5.74, 6) is 0. The minimum Gasteiger partial charge on any atom is -0.310 e. The molecule has 0 saturated carbocycles. The van der Waals surface area contributed by atoms with Crippen molar-refractivity contribution in [1.29, 1.82) is 0 Å². The van der Waals surface area contributed by atoms with Crippen LogP contribution in [0.3, 0.4) is 0 Å². The second-order valence-electron chi connectivity index (χ2n) is 6.74. The second-order valence-corrected chi connectivity index (χ2v) is 7.91. The third kappa shape index (κ3) is 4.30. The van der Waals surface area contributed by atoms with Gasteiger partial charge in [-0.1, -0.05) is 20.8 Å². The molecule has 0 radical (unpaired) electrons. The van der Waals surface area contributed by atoms with E-state index in [0.29, 0.717) is 6.04 Å². The van der Waals surface area contributed by atoms with Crippen LogP contribution in [0.15, 0.2) is 12.1 Å². The van der Waals surface area contributed by atoms with E-state index < -0.39 is 0 Å². The number of hydrogen-bond donors (Lipinski definition) is 1. The smallest absolute Gasteiger partial charge is 0.0300 e. The largest absolute Gasteiger partial charge is 0.310 e. The second kappa shape index (κ2) is 6.38. The Morgan fingerprint density at radius 2 is 1.95 bits per heavy atom. The first kappa shape index (κ1) is 15.0. The van der Waals surface area contributed by atoms with E-state index in [1.807, 2.05) is 11.3 Å². The lowest BCUT2D eigenvalue weighted by molar-refractivity contribution is 0.252. The molecule has 2 nitrogen and oxygen atoms in total. The zero-order valence-electron chi connectivity index (χ0n) is 12.8. The molecule has 0 bridgehead atoms. The number of likely N-dealkylation sites (tertiary alicyclic amines) is 1. The Labute approximate surface area is 122 Å². The van der Waals surface area contributed by atoms with E-state index in [1.54, 1.807) is 0 Å². The van der Waals surface area contributed by atoms with E-state index in [1.165, 1.54) is 35.7 Å². The Bertz CT molecular complexity index is 386. The lowest BCUT2D eigenvalue weighted by Crippen LogP contribution is -2.38. The summed E-state index contributed by atoms with van der Waals surface area (Å²) in [4.78, 5) is 5.54. The Kier molecular flexibility index (Phi) is 5.04. The molecule has 108 valence electrons. The Morgan fingerprint density at radius 1 is 1.26 bits per heavy atom. The van der Waals surface area contributed by atoms with Crippen molar-refractivity contribution in [2.45, 2.75) is 58.5 Å². The molecule has 0 amide bonds. The highest BCUT2D eigenvalue weighted by atomic mass is 32.1. The van der Waals surface area contributed by atoms with Crippen molar-refractivity contribution in [2.24, 2.45) is 0 Å². The van der Waals surface area contributed by atoms with E-state index in [4.69, 9.17) is 0 Å². The molecule has 0 aliphatic carbocycles. The highest BCUT2D eigenvalue weighted by Gasteiger charge is 2.18. The first-order chi connectivity index (χ1) is 8.97. The summed E-state index contributed by atoms with van der Waals surface area (Å²) in [5.41, 5.74) is 0.283. The van der Waals surface area contributed by atoms with Gasteiger partial charge < -0.3 is 5.32 Å². The van der Waals surface area contributed by atoms with Crippen molar-refractivity contribution in [1.82, 2.24) is 10.2 Å². The van der Waals surface area contributed by atoms with Crippen LogP contribution < -0.4 is 5.32 Å². The maximum absolute atomic E-state index is 3.61. The first-order valence-corrected chi connectivity index (χ1v) is 8.32. The van der Waals surface area contributed by atoms with Crippen molar-refractivity contribution in [3.8, 4) is 0 Å². The average molecular weight is 280 g/mol. The Balaban J connectivity index is 1.74. The molecule has 1 saturated heterocycles. The van der Waals surface area contributed by atoms with Gasteiger partial charge in [0.25, 0.3) is 0 Å². The SMILES string of the molecule is CC(CNCc1ccc(C(C)(C)C)s1)N1CCCC1. The average Bonchev–Trinajstić information content (AvgIpc) is 2.99. The summed E-state index contributed by atoms with van der Waals surface area (Å²) >= 11 is 1.95. The van der Waals surface area contributed by atoms with Crippen LogP contribution in [0, 0.1) is 0 Å². The van der Waals surface area contributed by atoms with Crippen molar-refractivity contribution in [2.75, 3.05) is 19.6 Å². The molecule has 19 heavy (non-hydrogen) atoms. The highest BCUT2D eigenvalue weighted by molar-refractivity contribution is 7.12. The predicted molar refractivity (Wildman–Crippen MR) is 85.0 cm³/mol. The summed E-state index contributed by atoms with van der Waals surface area (Å²) in [6, 6.07) is 5.23. The fourth-order valence-corrected chi connectivity index (χ4v) is 3.63. The molecular weight excluding hydrogens is 252 g/mol. The molecule has 1 atom stereocenters. The van der Waals surface area contributed by atoms with Crippen molar-refractivity contribution < 1.29 is 0 Å². The lowest BCUT2D eigenvalue weighted by Gasteiger charge is -2.23. The summed E-state index contributed by atoms with van der Waals surface area (Å²) < 4.78 is 0. The zero-order valence-corrected chi connectivity index (χ0v) is 13.6. The molecule has 1 fully saturated rings. The molecule has 0 aromatic carbocycles. The maximum atomic E-state index is 3.61. The topological polar surface area (TPSA) is 15.3 Å². The standard InChI is InChI=1S/C16H28N2S/c1-13(18-9-5-6-10-18)11-17-12-14-7-8-15(19-14)16(2,3)4/h7-8,13,17H,5-6,9-12H2,1-4H3. The normalized spacial score (nSPS) is 18.9. The Hall–Kier alpha value is -0.380. The lowest BCUT2D eigenvalue weighted by atomic mass is 9.95. The van der Waals surface area contributed by atoms with Crippen LogP contribution in [0.1, 0.15) is 50.3 Å². The number of rotatable bonds is 5. The van der Waals surface area contributed by atoms with Crippen LogP contribution in [-0.4, -0.2) is 30.6 Å². The number of hydrogen-bond acceptors (Lipinski definition) is 3. The van der Waals surface area contributed by atoms with Crippen LogP contribution in [0.5, 0.6) is 0 Å². The molecule has 0 spiro atoms. The van der Waals surface area contributed by atoms with Crippen molar-refractivity contribution in [3.05, 3.63) is 21.9 Å². The van der Waals surface area contributed by atoms with Gasteiger partial charge in [-0.05, 0) is 50.4 Å². The van der Waals surface area contributed by atoms with Gasteiger partial charge in [0.1, 0.15) is 0 Å². The fraction of sp³-hybridized carbons (Fsp3) is 0.750. The van der Waals surface area contributed by atoms with Crippen LogP contribution >= 0.6 is 11.3 Å². The third-order valence-corrected chi connectivity index (χ3v) is 5.41. The van der Waals surface area contributed by atoms with Gasteiger partial charge in [0.05, 0.1) is 0 Å². The molecular formula is C16H28N2S. The molecule has 1 aliphatic rings. The van der Waals surface area contributed by atoms with Crippen LogP contribution in [0.2, 0.25) is 0 Å². The summed E-state index contributed by atoms with van der Waals surface area (Å²) in [7, 11) is 0. The minimum absolute atomic E-state index is 0.283. The van der Waals surface area contributed by atoms with E-state index in [2.05, 4.69) is 50.0 Å². The van der Waals surface area contributed by atoms with Gasteiger partial charge >= 0.3 is 0 Å². The van der Waals surface area contributed by atoms with E-state index in [0.717, 1.165) is 13.1 Å². The van der Waals surface area contributed by atoms with Crippen molar-refractivity contribution in [3.63, 3.8) is 0 Å². The number of nitrogens with zero attached hydrogens (tertiary/aromatic N) is 1. The molecule has 1 unspecified atom stereocenters. The van der Waals surface area contributed by atoms with Gasteiger partial charge in [-0.25, -0.2) is 0 Å². The summed E-state index contributed by atoms with van der Waals surface area (Å²) in [5, 5.41) is 3.61. The summed E-state index contributed by atoms with van der Waals surface area (Å²) in [6.45, 7) is 13.9. The highest BCUT2D eigenvalue weighted by Crippen LogP contribution is 2.29. The van der Waals surface area contributed by atoms with Crippen LogP contribution in [-0.2, 0) is 12.0 Å². The van der Waals surface area contributed by atoms with E-state index in [-0.39, 0.29) is 5.41 Å². The Morgan fingerprint density at radius 3 is 2.53 bits per heavy atom. The fourth-order valence-electron chi connectivity index (χ4n) is 2.59. The minimum atomic E-state index is 0.283.